The fourth-order valence-electron chi connectivity index (χ4n) is 2.56. The number of ether oxygens (including phenoxy) is 1. The van der Waals surface area contributed by atoms with Crippen LogP contribution in [0.3, 0.4) is 0 Å². The van der Waals surface area contributed by atoms with Crippen LogP contribution in [-0.2, 0) is 9.53 Å². The van der Waals surface area contributed by atoms with Crippen molar-refractivity contribution in [1.29, 1.82) is 0 Å². The van der Waals surface area contributed by atoms with Gasteiger partial charge in [-0.05, 0) is 25.9 Å². The lowest BCUT2D eigenvalue weighted by Crippen LogP contribution is -2.37. The van der Waals surface area contributed by atoms with E-state index in [1.807, 2.05) is 4.90 Å². The van der Waals surface area contributed by atoms with Gasteiger partial charge in [-0.1, -0.05) is 13.8 Å². The lowest BCUT2D eigenvalue weighted by molar-refractivity contribution is -0.131. The maximum Gasteiger partial charge on any atom is 0.224 e. The zero-order valence-corrected chi connectivity index (χ0v) is 11.8. The fraction of sp³-hybridized carbons (Fsp3) is 0.923. The molecule has 0 bridgehead atoms. The minimum Gasteiger partial charge on any atom is -0.384 e. The summed E-state index contributed by atoms with van der Waals surface area (Å²) in [6.45, 7) is 6.75. The van der Waals surface area contributed by atoms with Crippen LogP contribution in [0.5, 0.6) is 0 Å². The van der Waals surface area contributed by atoms with Crippen molar-refractivity contribution in [1.82, 2.24) is 9.80 Å². The molecular formula is C13H26N2O2. The van der Waals surface area contributed by atoms with Gasteiger partial charge in [0.2, 0.25) is 5.91 Å². The van der Waals surface area contributed by atoms with Crippen LogP contribution in [0.25, 0.3) is 0 Å². The van der Waals surface area contributed by atoms with Gasteiger partial charge in [0.25, 0.3) is 0 Å². The molecule has 1 fully saturated rings. The molecule has 0 spiro atoms. The van der Waals surface area contributed by atoms with E-state index in [0.29, 0.717) is 30.9 Å². The highest BCUT2D eigenvalue weighted by Gasteiger charge is 2.37. The third kappa shape index (κ3) is 3.68. The van der Waals surface area contributed by atoms with E-state index in [9.17, 15) is 4.79 Å². The van der Waals surface area contributed by atoms with Crippen molar-refractivity contribution in [3.63, 3.8) is 0 Å². The molecule has 0 aromatic heterocycles. The van der Waals surface area contributed by atoms with Gasteiger partial charge >= 0.3 is 0 Å². The van der Waals surface area contributed by atoms with Crippen LogP contribution < -0.4 is 0 Å². The summed E-state index contributed by atoms with van der Waals surface area (Å²) in [5.74, 6) is 1.42. The summed E-state index contributed by atoms with van der Waals surface area (Å²) < 4.78 is 4.96. The maximum atomic E-state index is 12.0. The lowest BCUT2D eigenvalue weighted by atomic mass is 9.91. The van der Waals surface area contributed by atoms with Gasteiger partial charge in [0.15, 0.2) is 0 Å². The fourth-order valence-corrected chi connectivity index (χ4v) is 2.56. The summed E-state index contributed by atoms with van der Waals surface area (Å²) in [7, 11) is 5.84. The third-order valence-electron chi connectivity index (χ3n) is 3.73. The number of likely N-dealkylation sites (N-methyl/N-ethyl adjacent to an activating group) is 1. The number of nitrogens with zero attached hydrogens (tertiary/aromatic N) is 2. The predicted molar refractivity (Wildman–Crippen MR) is 68.9 cm³/mol. The average molecular weight is 242 g/mol. The van der Waals surface area contributed by atoms with E-state index in [1.54, 1.807) is 7.11 Å². The monoisotopic (exact) mass is 242 g/mol. The van der Waals surface area contributed by atoms with Crippen LogP contribution in [0.1, 0.15) is 20.3 Å². The molecule has 0 aromatic carbocycles. The summed E-state index contributed by atoms with van der Waals surface area (Å²) in [6.07, 6.45) is 0.501. The Hall–Kier alpha value is -0.610. The highest BCUT2D eigenvalue weighted by Crippen LogP contribution is 2.27. The number of rotatable bonds is 5. The molecule has 1 amide bonds. The van der Waals surface area contributed by atoms with Crippen LogP contribution in [0.15, 0.2) is 0 Å². The minimum atomic E-state index is 0.224. The second-order valence-electron chi connectivity index (χ2n) is 5.48. The first-order chi connectivity index (χ1) is 7.97. The number of hydrogen-bond donors (Lipinski definition) is 0. The van der Waals surface area contributed by atoms with Gasteiger partial charge in [0.1, 0.15) is 0 Å². The molecule has 0 aromatic rings. The molecule has 0 N–H and O–H groups in total. The first kappa shape index (κ1) is 14.5. The Balaban J connectivity index is 2.59. The SMILES string of the molecule is COCCC(=O)N1C[C@@H](N(C)C)[C@H](C(C)C)C1. The molecule has 2 atom stereocenters. The molecule has 100 valence electrons. The topological polar surface area (TPSA) is 32.8 Å². The van der Waals surface area contributed by atoms with Gasteiger partial charge in [0, 0.05) is 26.2 Å². The predicted octanol–water partition coefficient (Wildman–Crippen LogP) is 1.07. The minimum absolute atomic E-state index is 0.224. The molecule has 1 saturated heterocycles. The summed E-state index contributed by atoms with van der Waals surface area (Å²) >= 11 is 0. The molecule has 1 aliphatic rings. The van der Waals surface area contributed by atoms with Gasteiger partial charge in [0.05, 0.1) is 13.0 Å². The molecule has 1 rings (SSSR count). The standard InChI is InChI=1S/C13H26N2O2/c1-10(2)11-8-15(9-12(11)14(3)4)13(16)6-7-17-5/h10-12H,6-9H2,1-5H3/t11-,12+/m0/s1. The lowest BCUT2D eigenvalue weighted by Gasteiger charge is -2.27. The zero-order chi connectivity index (χ0) is 13.0. The molecule has 4 heteroatoms. The second-order valence-corrected chi connectivity index (χ2v) is 5.48. The number of methoxy groups -OCH3 is 1. The smallest absolute Gasteiger partial charge is 0.224 e. The van der Waals surface area contributed by atoms with Gasteiger partial charge in [-0.3, -0.25) is 4.79 Å². The Morgan fingerprint density at radius 1 is 1.41 bits per heavy atom. The van der Waals surface area contributed by atoms with Crippen LogP contribution in [0.2, 0.25) is 0 Å². The van der Waals surface area contributed by atoms with Gasteiger partial charge in [-0.2, -0.15) is 0 Å². The van der Waals surface area contributed by atoms with Crippen molar-refractivity contribution in [2.75, 3.05) is 40.9 Å². The molecule has 0 radical (unpaired) electrons. The molecular weight excluding hydrogens is 216 g/mol. The van der Waals surface area contributed by atoms with Crippen molar-refractivity contribution in [3.8, 4) is 0 Å². The highest BCUT2D eigenvalue weighted by atomic mass is 16.5. The quantitative estimate of drug-likeness (QED) is 0.723. The van der Waals surface area contributed by atoms with E-state index in [2.05, 4.69) is 32.8 Å². The van der Waals surface area contributed by atoms with Crippen LogP contribution in [0.4, 0.5) is 0 Å². The molecule has 1 heterocycles. The van der Waals surface area contributed by atoms with Crippen LogP contribution in [0, 0.1) is 11.8 Å². The van der Waals surface area contributed by atoms with E-state index < -0.39 is 0 Å². The highest BCUT2D eigenvalue weighted by molar-refractivity contribution is 5.76. The number of likely N-dealkylation sites (tertiary alicyclic amines) is 1. The Morgan fingerprint density at radius 3 is 2.47 bits per heavy atom. The van der Waals surface area contributed by atoms with Crippen molar-refractivity contribution >= 4 is 5.91 Å². The van der Waals surface area contributed by atoms with Crippen molar-refractivity contribution in [2.24, 2.45) is 11.8 Å². The Kier molecular flexibility index (Phi) is 5.40. The van der Waals surface area contributed by atoms with E-state index in [0.717, 1.165) is 13.1 Å². The van der Waals surface area contributed by atoms with E-state index in [4.69, 9.17) is 4.74 Å². The Labute approximate surface area is 105 Å². The number of carbonyl (C=O) groups is 1. The molecule has 0 saturated carbocycles. The van der Waals surface area contributed by atoms with E-state index in [-0.39, 0.29) is 5.91 Å². The third-order valence-corrected chi connectivity index (χ3v) is 3.73. The van der Waals surface area contributed by atoms with Crippen molar-refractivity contribution in [3.05, 3.63) is 0 Å². The first-order valence-electron chi connectivity index (χ1n) is 6.40. The van der Waals surface area contributed by atoms with Crippen molar-refractivity contribution < 1.29 is 9.53 Å². The number of carbonyl (C=O) groups excluding carboxylic acids is 1. The normalized spacial score (nSPS) is 25.0. The largest absolute Gasteiger partial charge is 0.384 e. The van der Waals surface area contributed by atoms with E-state index in [1.165, 1.54) is 0 Å². The van der Waals surface area contributed by atoms with Crippen molar-refractivity contribution in [2.45, 2.75) is 26.3 Å². The number of amides is 1. The summed E-state index contributed by atoms with van der Waals surface area (Å²) in [4.78, 5) is 16.2. The first-order valence-corrected chi connectivity index (χ1v) is 6.40. The molecule has 1 aliphatic heterocycles. The molecule has 0 aliphatic carbocycles. The summed E-state index contributed by atoms with van der Waals surface area (Å²) in [5, 5.41) is 0. The van der Waals surface area contributed by atoms with Gasteiger partial charge < -0.3 is 14.5 Å². The summed E-state index contributed by atoms with van der Waals surface area (Å²) in [6, 6.07) is 0.487. The van der Waals surface area contributed by atoms with Crippen LogP contribution >= 0.6 is 0 Å². The average Bonchev–Trinajstić information content (AvgIpc) is 2.70. The Morgan fingerprint density at radius 2 is 2.06 bits per heavy atom. The van der Waals surface area contributed by atoms with Crippen LogP contribution in [-0.4, -0.2) is 62.7 Å². The summed E-state index contributed by atoms with van der Waals surface area (Å²) in [5.41, 5.74) is 0. The van der Waals surface area contributed by atoms with Gasteiger partial charge in [-0.15, -0.1) is 0 Å². The molecule has 0 unspecified atom stereocenters. The Bertz CT molecular complexity index is 238. The molecule has 4 nitrogen and oxygen atoms in total. The molecule has 17 heavy (non-hydrogen) atoms. The number of hydrogen-bond acceptors (Lipinski definition) is 3. The van der Waals surface area contributed by atoms with Gasteiger partial charge in [-0.25, -0.2) is 0 Å². The van der Waals surface area contributed by atoms with E-state index >= 15 is 0 Å². The second kappa shape index (κ2) is 6.36. The maximum absolute atomic E-state index is 12.0. The zero-order valence-electron chi connectivity index (χ0n) is 11.8.